The molecule has 2 aromatic rings. The predicted molar refractivity (Wildman–Crippen MR) is 87.5 cm³/mol. The molecule has 6 heteroatoms. The third kappa shape index (κ3) is 4.35. The van der Waals surface area contributed by atoms with Gasteiger partial charge in [-0.2, -0.15) is 0 Å². The second kappa shape index (κ2) is 7.11. The number of carboxylic acid groups (broad SMARTS) is 1. The Balaban J connectivity index is 2.12. The van der Waals surface area contributed by atoms with Gasteiger partial charge in [0.1, 0.15) is 0 Å². The lowest BCUT2D eigenvalue weighted by Gasteiger charge is -2.06. The molecule has 2 rings (SSSR count). The Morgan fingerprint density at radius 3 is 2.55 bits per heavy atom. The summed E-state index contributed by atoms with van der Waals surface area (Å²) in [6.45, 7) is 0. The van der Waals surface area contributed by atoms with Crippen molar-refractivity contribution in [3.63, 3.8) is 0 Å². The second-order valence-corrected chi connectivity index (χ2v) is 5.22. The van der Waals surface area contributed by atoms with Gasteiger partial charge in [0.2, 0.25) is 5.91 Å². The molecule has 0 radical (unpaired) electrons. The summed E-state index contributed by atoms with van der Waals surface area (Å²) in [5, 5.41) is 12.3. The van der Waals surface area contributed by atoms with E-state index in [0.29, 0.717) is 5.02 Å². The maximum Gasteiger partial charge on any atom is 0.335 e. The molecule has 1 amide bonds. The molecular formula is C16H11Cl2NO3. The Kier molecular flexibility index (Phi) is 5.20. The summed E-state index contributed by atoms with van der Waals surface area (Å²) in [4.78, 5) is 22.8. The molecule has 0 aromatic heterocycles. The standard InChI is InChI=1S/C16H11Cl2NO3/c17-12-3-1-2-10(8-12)4-7-15(20)19-14-9-11(16(21)22)5-6-13(14)18/h1-9H,(H,19,20)(H,21,22)/b7-4+. The maximum atomic E-state index is 11.9. The first-order valence-corrected chi connectivity index (χ1v) is 6.99. The van der Waals surface area contributed by atoms with Crippen LogP contribution in [0.1, 0.15) is 15.9 Å². The molecule has 112 valence electrons. The number of nitrogens with one attached hydrogen (secondary N) is 1. The topological polar surface area (TPSA) is 66.4 Å². The third-order valence-electron chi connectivity index (χ3n) is 2.75. The molecule has 22 heavy (non-hydrogen) atoms. The predicted octanol–water partition coefficient (Wildman–Crippen LogP) is 4.34. The minimum Gasteiger partial charge on any atom is -0.478 e. The van der Waals surface area contributed by atoms with Gasteiger partial charge >= 0.3 is 5.97 Å². The lowest BCUT2D eigenvalue weighted by molar-refractivity contribution is -0.111. The Hall–Kier alpha value is -2.30. The van der Waals surface area contributed by atoms with E-state index in [-0.39, 0.29) is 16.3 Å². The Morgan fingerprint density at radius 2 is 1.86 bits per heavy atom. The van der Waals surface area contributed by atoms with E-state index in [1.807, 2.05) is 0 Å². The van der Waals surface area contributed by atoms with Crippen LogP contribution < -0.4 is 5.32 Å². The molecule has 0 atom stereocenters. The Bertz CT molecular complexity index is 757. The van der Waals surface area contributed by atoms with Crippen molar-refractivity contribution in [1.82, 2.24) is 0 Å². The van der Waals surface area contributed by atoms with Gasteiger partial charge in [0, 0.05) is 11.1 Å². The summed E-state index contributed by atoms with van der Waals surface area (Å²) in [5.41, 5.74) is 1.05. The van der Waals surface area contributed by atoms with Crippen LogP contribution in [0.15, 0.2) is 48.5 Å². The summed E-state index contributed by atoms with van der Waals surface area (Å²) >= 11 is 11.8. The number of benzene rings is 2. The van der Waals surface area contributed by atoms with Crippen LogP contribution in [0, 0.1) is 0 Å². The van der Waals surface area contributed by atoms with Crippen LogP contribution in [0.4, 0.5) is 5.69 Å². The molecule has 2 N–H and O–H groups in total. The van der Waals surface area contributed by atoms with E-state index in [0.717, 1.165) is 5.56 Å². The van der Waals surface area contributed by atoms with Crippen LogP contribution in [-0.2, 0) is 4.79 Å². The molecule has 0 unspecified atom stereocenters. The van der Waals surface area contributed by atoms with Gasteiger partial charge in [-0.15, -0.1) is 0 Å². The van der Waals surface area contributed by atoms with E-state index < -0.39 is 11.9 Å². The lowest BCUT2D eigenvalue weighted by atomic mass is 10.2. The van der Waals surface area contributed by atoms with Gasteiger partial charge in [0.15, 0.2) is 0 Å². The van der Waals surface area contributed by atoms with E-state index in [4.69, 9.17) is 28.3 Å². The summed E-state index contributed by atoms with van der Waals surface area (Å²) in [5.74, 6) is -1.52. The second-order valence-electron chi connectivity index (χ2n) is 4.38. The molecule has 0 saturated carbocycles. The first kappa shape index (κ1) is 16.1. The zero-order valence-corrected chi connectivity index (χ0v) is 12.7. The quantitative estimate of drug-likeness (QED) is 0.816. The monoisotopic (exact) mass is 335 g/mol. The highest BCUT2D eigenvalue weighted by molar-refractivity contribution is 6.34. The average molecular weight is 336 g/mol. The van der Waals surface area contributed by atoms with Crippen molar-refractivity contribution in [3.8, 4) is 0 Å². The summed E-state index contributed by atoms with van der Waals surface area (Å²) < 4.78 is 0. The molecule has 4 nitrogen and oxygen atoms in total. The fourth-order valence-electron chi connectivity index (χ4n) is 1.71. The van der Waals surface area contributed by atoms with E-state index in [2.05, 4.69) is 5.32 Å². The molecule has 2 aromatic carbocycles. The van der Waals surface area contributed by atoms with Crippen LogP contribution >= 0.6 is 23.2 Å². The molecule has 0 fully saturated rings. The van der Waals surface area contributed by atoms with Gasteiger partial charge in [-0.3, -0.25) is 4.79 Å². The number of rotatable bonds is 4. The van der Waals surface area contributed by atoms with Crippen molar-refractivity contribution < 1.29 is 14.7 Å². The van der Waals surface area contributed by atoms with E-state index in [1.165, 1.54) is 24.3 Å². The van der Waals surface area contributed by atoms with Gasteiger partial charge in [-0.1, -0.05) is 35.3 Å². The van der Waals surface area contributed by atoms with Crippen LogP contribution in [0.25, 0.3) is 6.08 Å². The number of carbonyl (C=O) groups is 2. The molecule has 0 spiro atoms. The number of anilines is 1. The highest BCUT2D eigenvalue weighted by atomic mass is 35.5. The van der Waals surface area contributed by atoms with E-state index in [9.17, 15) is 9.59 Å². The number of carbonyl (C=O) groups excluding carboxylic acids is 1. The average Bonchev–Trinajstić information content (AvgIpc) is 2.47. The van der Waals surface area contributed by atoms with Gasteiger partial charge in [0.25, 0.3) is 0 Å². The third-order valence-corrected chi connectivity index (χ3v) is 3.31. The number of hydrogen-bond donors (Lipinski definition) is 2. The maximum absolute atomic E-state index is 11.9. The van der Waals surface area contributed by atoms with Crippen molar-refractivity contribution in [2.24, 2.45) is 0 Å². The van der Waals surface area contributed by atoms with Crippen LogP contribution in [0.2, 0.25) is 10.0 Å². The van der Waals surface area contributed by atoms with Crippen molar-refractivity contribution in [1.29, 1.82) is 0 Å². The first-order valence-electron chi connectivity index (χ1n) is 6.23. The van der Waals surface area contributed by atoms with Crippen LogP contribution in [0.5, 0.6) is 0 Å². The molecular weight excluding hydrogens is 325 g/mol. The minimum absolute atomic E-state index is 0.0403. The fraction of sp³-hybridized carbons (Fsp3) is 0. The fourth-order valence-corrected chi connectivity index (χ4v) is 2.07. The van der Waals surface area contributed by atoms with Gasteiger partial charge in [0.05, 0.1) is 16.3 Å². The van der Waals surface area contributed by atoms with Crippen molar-refractivity contribution >= 4 is 46.8 Å². The summed E-state index contributed by atoms with van der Waals surface area (Å²) in [6.07, 6.45) is 2.91. The van der Waals surface area contributed by atoms with Crippen molar-refractivity contribution in [2.75, 3.05) is 5.32 Å². The van der Waals surface area contributed by atoms with Crippen molar-refractivity contribution in [3.05, 3.63) is 69.7 Å². The Morgan fingerprint density at radius 1 is 1.09 bits per heavy atom. The smallest absolute Gasteiger partial charge is 0.335 e. The number of carboxylic acids is 1. The van der Waals surface area contributed by atoms with Gasteiger partial charge in [-0.05, 0) is 42.0 Å². The number of aromatic carboxylic acids is 1. The zero-order chi connectivity index (χ0) is 16.1. The molecule has 0 heterocycles. The van der Waals surface area contributed by atoms with Gasteiger partial charge in [-0.25, -0.2) is 4.79 Å². The number of halogens is 2. The number of amides is 1. The van der Waals surface area contributed by atoms with Crippen LogP contribution in [-0.4, -0.2) is 17.0 Å². The molecule has 0 aliphatic rings. The largest absolute Gasteiger partial charge is 0.478 e. The number of hydrogen-bond acceptors (Lipinski definition) is 2. The molecule has 0 bridgehead atoms. The first-order chi connectivity index (χ1) is 10.5. The normalized spacial score (nSPS) is 10.6. The SMILES string of the molecule is O=C(/C=C/c1cccc(Cl)c1)Nc1cc(C(=O)O)ccc1Cl. The Labute approximate surface area is 137 Å². The summed E-state index contributed by atoms with van der Waals surface area (Å²) in [6, 6.07) is 11.1. The molecule has 0 aliphatic carbocycles. The van der Waals surface area contributed by atoms with Crippen LogP contribution in [0.3, 0.4) is 0 Å². The minimum atomic E-state index is -1.10. The molecule has 0 aliphatic heterocycles. The van der Waals surface area contributed by atoms with Gasteiger partial charge < -0.3 is 10.4 Å². The van der Waals surface area contributed by atoms with Crippen molar-refractivity contribution in [2.45, 2.75) is 0 Å². The zero-order valence-electron chi connectivity index (χ0n) is 11.2. The highest BCUT2D eigenvalue weighted by Crippen LogP contribution is 2.23. The molecule has 0 saturated heterocycles. The summed E-state index contributed by atoms with van der Waals surface area (Å²) in [7, 11) is 0. The van der Waals surface area contributed by atoms with E-state index in [1.54, 1.807) is 30.3 Å². The lowest BCUT2D eigenvalue weighted by Crippen LogP contribution is -2.09. The highest BCUT2D eigenvalue weighted by Gasteiger charge is 2.08. The van der Waals surface area contributed by atoms with E-state index >= 15 is 0 Å².